The second-order valence-electron chi connectivity index (χ2n) is 3.48. The molecule has 1 aliphatic rings. The van der Waals surface area contributed by atoms with Crippen molar-refractivity contribution in [1.82, 2.24) is 10.6 Å². The molecule has 1 rings (SSSR count). The Bertz CT molecular complexity index is 113. The average molecular weight is 172 g/mol. The smallest absolute Gasteiger partial charge is 0.0700 e. The standard InChI is InChI=1S/C9H20N2O/c1-8(10-2)6-11-7-9-4-3-5-12-9/h8-11H,3-7H2,1-2H3. The number of nitrogens with one attached hydrogen (secondary N) is 2. The lowest BCUT2D eigenvalue weighted by atomic mass is 10.2. The molecular weight excluding hydrogens is 152 g/mol. The van der Waals surface area contributed by atoms with Crippen LogP contribution in [0, 0.1) is 0 Å². The maximum absolute atomic E-state index is 5.49. The number of ether oxygens (including phenoxy) is 1. The van der Waals surface area contributed by atoms with Gasteiger partial charge in [0.25, 0.3) is 0 Å². The van der Waals surface area contributed by atoms with Crippen LogP contribution in [0.5, 0.6) is 0 Å². The highest BCUT2D eigenvalue weighted by Gasteiger charge is 2.14. The minimum absolute atomic E-state index is 0.467. The van der Waals surface area contributed by atoms with E-state index in [1.807, 2.05) is 7.05 Å². The molecule has 0 aromatic rings. The molecule has 0 amide bonds. The summed E-state index contributed by atoms with van der Waals surface area (Å²) < 4.78 is 5.49. The van der Waals surface area contributed by atoms with Gasteiger partial charge in [-0.3, -0.25) is 0 Å². The van der Waals surface area contributed by atoms with Crippen LogP contribution in [-0.4, -0.2) is 38.9 Å². The molecular formula is C9H20N2O. The van der Waals surface area contributed by atoms with E-state index in [9.17, 15) is 0 Å². The van der Waals surface area contributed by atoms with Crippen molar-refractivity contribution in [2.24, 2.45) is 0 Å². The molecule has 2 unspecified atom stereocenters. The zero-order valence-electron chi connectivity index (χ0n) is 8.10. The van der Waals surface area contributed by atoms with E-state index in [-0.39, 0.29) is 0 Å². The molecule has 1 saturated heterocycles. The molecule has 2 N–H and O–H groups in total. The fourth-order valence-electron chi connectivity index (χ4n) is 1.37. The topological polar surface area (TPSA) is 33.3 Å². The van der Waals surface area contributed by atoms with Crippen molar-refractivity contribution >= 4 is 0 Å². The van der Waals surface area contributed by atoms with Crippen LogP contribution in [0.3, 0.4) is 0 Å². The van der Waals surface area contributed by atoms with Crippen molar-refractivity contribution < 1.29 is 4.74 Å². The van der Waals surface area contributed by atoms with Gasteiger partial charge in [0.1, 0.15) is 0 Å². The number of rotatable bonds is 5. The van der Waals surface area contributed by atoms with Gasteiger partial charge >= 0.3 is 0 Å². The van der Waals surface area contributed by atoms with Crippen molar-refractivity contribution in [2.75, 3.05) is 26.7 Å². The van der Waals surface area contributed by atoms with Gasteiger partial charge in [-0.05, 0) is 26.8 Å². The monoisotopic (exact) mass is 172 g/mol. The quantitative estimate of drug-likeness (QED) is 0.628. The molecule has 0 saturated carbocycles. The number of likely N-dealkylation sites (N-methyl/N-ethyl adjacent to an activating group) is 1. The Morgan fingerprint density at radius 2 is 2.42 bits per heavy atom. The van der Waals surface area contributed by atoms with Crippen LogP contribution in [0.15, 0.2) is 0 Å². The first-order valence-electron chi connectivity index (χ1n) is 4.82. The van der Waals surface area contributed by atoms with Gasteiger partial charge in [0.05, 0.1) is 6.10 Å². The molecule has 72 valence electrons. The molecule has 0 spiro atoms. The molecule has 2 atom stereocenters. The van der Waals surface area contributed by atoms with Crippen molar-refractivity contribution in [3.05, 3.63) is 0 Å². The molecule has 0 bridgehead atoms. The van der Waals surface area contributed by atoms with E-state index in [1.54, 1.807) is 0 Å². The van der Waals surface area contributed by atoms with E-state index in [2.05, 4.69) is 17.6 Å². The van der Waals surface area contributed by atoms with Crippen molar-refractivity contribution in [3.63, 3.8) is 0 Å². The Kier molecular flexibility index (Phi) is 4.58. The molecule has 0 radical (unpaired) electrons. The van der Waals surface area contributed by atoms with Crippen molar-refractivity contribution in [1.29, 1.82) is 0 Å². The Morgan fingerprint density at radius 3 is 3.00 bits per heavy atom. The van der Waals surface area contributed by atoms with Crippen LogP contribution < -0.4 is 10.6 Å². The molecule has 0 aromatic carbocycles. The fourth-order valence-corrected chi connectivity index (χ4v) is 1.37. The Labute approximate surface area is 74.9 Å². The van der Waals surface area contributed by atoms with Gasteiger partial charge in [-0.2, -0.15) is 0 Å². The zero-order chi connectivity index (χ0) is 8.81. The van der Waals surface area contributed by atoms with Gasteiger partial charge in [-0.15, -0.1) is 0 Å². The largest absolute Gasteiger partial charge is 0.377 e. The summed E-state index contributed by atoms with van der Waals surface area (Å²) in [6.45, 7) is 5.15. The summed E-state index contributed by atoms with van der Waals surface area (Å²) >= 11 is 0. The van der Waals surface area contributed by atoms with Gasteiger partial charge in [-0.25, -0.2) is 0 Å². The van der Waals surface area contributed by atoms with Gasteiger partial charge in [0, 0.05) is 25.7 Å². The van der Waals surface area contributed by atoms with Crippen LogP contribution in [-0.2, 0) is 4.74 Å². The lowest BCUT2D eigenvalue weighted by Gasteiger charge is -2.14. The molecule has 0 aliphatic carbocycles. The summed E-state index contributed by atoms with van der Waals surface area (Å²) in [6, 6.07) is 0.548. The lowest BCUT2D eigenvalue weighted by molar-refractivity contribution is 0.110. The third-order valence-corrected chi connectivity index (χ3v) is 2.34. The molecule has 1 fully saturated rings. The Hall–Kier alpha value is -0.120. The number of hydrogen-bond donors (Lipinski definition) is 2. The molecule has 1 aliphatic heterocycles. The van der Waals surface area contributed by atoms with Crippen LogP contribution in [0.2, 0.25) is 0 Å². The highest BCUT2D eigenvalue weighted by atomic mass is 16.5. The maximum atomic E-state index is 5.49. The number of hydrogen-bond acceptors (Lipinski definition) is 3. The summed E-state index contributed by atoms with van der Waals surface area (Å²) in [7, 11) is 1.98. The molecule has 3 nitrogen and oxygen atoms in total. The van der Waals surface area contributed by atoms with Crippen molar-refractivity contribution in [2.45, 2.75) is 31.9 Å². The summed E-state index contributed by atoms with van der Waals surface area (Å²) in [5.74, 6) is 0. The Balaban J connectivity index is 1.94. The molecule has 0 aromatic heterocycles. The predicted molar refractivity (Wildman–Crippen MR) is 50.4 cm³/mol. The predicted octanol–water partition coefficient (Wildman–Crippen LogP) is 0.363. The lowest BCUT2D eigenvalue weighted by Crippen LogP contribution is -2.37. The van der Waals surface area contributed by atoms with Gasteiger partial charge in [0.2, 0.25) is 0 Å². The van der Waals surface area contributed by atoms with Gasteiger partial charge < -0.3 is 15.4 Å². The third kappa shape index (κ3) is 3.52. The van der Waals surface area contributed by atoms with Gasteiger partial charge in [0.15, 0.2) is 0 Å². The highest BCUT2D eigenvalue weighted by molar-refractivity contribution is 4.69. The van der Waals surface area contributed by atoms with Crippen LogP contribution in [0.25, 0.3) is 0 Å². The minimum atomic E-state index is 0.467. The van der Waals surface area contributed by atoms with E-state index >= 15 is 0 Å². The van der Waals surface area contributed by atoms with Crippen LogP contribution in [0.1, 0.15) is 19.8 Å². The highest BCUT2D eigenvalue weighted by Crippen LogP contribution is 2.10. The first-order valence-corrected chi connectivity index (χ1v) is 4.82. The Morgan fingerprint density at radius 1 is 1.58 bits per heavy atom. The van der Waals surface area contributed by atoms with E-state index in [1.165, 1.54) is 12.8 Å². The molecule has 1 heterocycles. The summed E-state index contributed by atoms with van der Waals surface area (Å²) in [6.07, 6.45) is 2.92. The second kappa shape index (κ2) is 5.51. The molecule has 3 heteroatoms. The SMILES string of the molecule is CNC(C)CNCC1CCCO1. The summed E-state index contributed by atoms with van der Waals surface area (Å²) in [4.78, 5) is 0. The summed E-state index contributed by atoms with van der Waals surface area (Å²) in [5.41, 5.74) is 0. The second-order valence-corrected chi connectivity index (χ2v) is 3.48. The van der Waals surface area contributed by atoms with Crippen molar-refractivity contribution in [3.8, 4) is 0 Å². The van der Waals surface area contributed by atoms with Crippen LogP contribution >= 0.6 is 0 Å². The maximum Gasteiger partial charge on any atom is 0.0700 e. The minimum Gasteiger partial charge on any atom is -0.377 e. The van der Waals surface area contributed by atoms with E-state index in [0.717, 1.165) is 19.7 Å². The van der Waals surface area contributed by atoms with Crippen LogP contribution in [0.4, 0.5) is 0 Å². The van der Waals surface area contributed by atoms with Gasteiger partial charge in [-0.1, -0.05) is 0 Å². The normalized spacial score (nSPS) is 26.0. The third-order valence-electron chi connectivity index (χ3n) is 2.34. The van der Waals surface area contributed by atoms with E-state index in [0.29, 0.717) is 12.1 Å². The first-order chi connectivity index (χ1) is 5.83. The molecule has 12 heavy (non-hydrogen) atoms. The summed E-state index contributed by atoms with van der Waals surface area (Å²) in [5, 5.41) is 6.58. The zero-order valence-corrected chi connectivity index (χ0v) is 8.10. The van der Waals surface area contributed by atoms with E-state index in [4.69, 9.17) is 4.74 Å². The van der Waals surface area contributed by atoms with E-state index < -0.39 is 0 Å². The average Bonchev–Trinajstić information content (AvgIpc) is 2.57. The first kappa shape index (κ1) is 9.96. The fraction of sp³-hybridized carbons (Fsp3) is 1.00.